The highest BCUT2D eigenvalue weighted by molar-refractivity contribution is 6.02. The fraction of sp³-hybridized carbons (Fsp3) is 0.333. The summed E-state index contributed by atoms with van der Waals surface area (Å²) >= 11 is 0. The number of carbonyl (C=O) groups excluding carboxylic acids is 4. The van der Waals surface area contributed by atoms with Crippen LogP contribution in [0.4, 0.5) is 0 Å². The average molecular weight is 407 g/mol. The van der Waals surface area contributed by atoms with Gasteiger partial charge >= 0.3 is 5.97 Å². The number of hydrogen-bond donors (Lipinski definition) is 0. The average Bonchev–Trinajstić information content (AvgIpc) is 3.08. The second-order valence-electron chi connectivity index (χ2n) is 7.37. The molecule has 1 saturated heterocycles. The van der Waals surface area contributed by atoms with Crippen molar-refractivity contribution in [3.8, 4) is 0 Å². The first-order chi connectivity index (χ1) is 14.5. The molecule has 2 amide bonds. The monoisotopic (exact) mass is 407 g/mol. The van der Waals surface area contributed by atoms with Gasteiger partial charge in [-0.05, 0) is 36.1 Å². The Labute approximate surface area is 175 Å². The lowest BCUT2D eigenvalue weighted by molar-refractivity contribution is -0.139. The number of rotatable bonds is 9. The summed E-state index contributed by atoms with van der Waals surface area (Å²) in [4.78, 5) is 49.1. The van der Waals surface area contributed by atoms with Gasteiger partial charge in [0.05, 0.1) is 12.1 Å². The van der Waals surface area contributed by atoms with Gasteiger partial charge in [0.15, 0.2) is 12.4 Å². The molecule has 1 fully saturated rings. The van der Waals surface area contributed by atoms with Gasteiger partial charge in [-0.1, -0.05) is 49.7 Å². The molecule has 2 aromatic carbocycles. The number of esters is 1. The van der Waals surface area contributed by atoms with Gasteiger partial charge in [-0.15, -0.1) is 0 Å². The van der Waals surface area contributed by atoms with Crippen molar-refractivity contribution in [2.45, 2.75) is 45.6 Å². The lowest BCUT2D eigenvalue weighted by Gasteiger charge is -2.13. The maximum absolute atomic E-state index is 12.3. The Morgan fingerprint density at radius 1 is 0.867 bits per heavy atom. The molecule has 6 nitrogen and oxygen atoms in total. The summed E-state index contributed by atoms with van der Waals surface area (Å²) in [7, 11) is 0. The molecule has 30 heavy (non-hydrogen) atoms. The van der Waals surface area contributed by atoms with E-state index in [2.05, 4.69) is 6.92 Å². The first-order valence-corrected chi connectivity index (χ1v) is 10.2. The van der Waals surface area contributed by atoms with Crippen molar-refractivity contribution in [1.82, 2.24) is 4.90 Å². The van der Waals surface area contributed by atoms with Crippen LogP contribution in [0, 0.1) is 0 Å². The highest BCUT2D eigenvalue weighted by atomic mass is 16.5. The first kappa shape index (κ1) is 21.4. The fourth-order valence-electron chi connectivity index (χ4n) is 3.26. The number of hydrogen-bond acceptors (Lipinski definition) is 5. The van der Waals surface area contributed by atoms with Crippen LogP contribution in [0.25, 0.3) is 0 Å². The van der Waals surface area contributed by atoms with Crippen LogP contribution in [0.1, 0.15) is 64.4 Å². The lowest BCUT2D eigenvalue weighted by Crippen LogP contribution is -2.28. The summed E-state index contributed by atoms with van der Waals surface area (Å²) in [5.74, 6) is -1.21. The molecule has 1 aliphatic heterocycles. The number of Topliss-reactive ketones (excluding diaryl/α,β-unsaturated/α-hetero) is 1. The van der Waals surface area contributed by atoms with E-state index in [-0.39, 0.29) is 43.6 Å². The molecule has 0 aromatic heterocycles. The number of ether oxygens (including phenoxy) is 1. The van der Waals surface area contributed by atoms with Crippen molar-refractivity contribution in [2.24, 2.45) is 0 Å². The van der Waals surface area contributed by atoms with Gasteiger partial charge in [0, 0.05) is 18.4 Å². The Kier molecular flexibility index (Phi) is 7.12. The molecule has 3 rings (SSSR count). The van der Waals surface area contributed by atoms with Crippen molar-refractivity contribution in [2.75, 3.05) is 6.61 Å². The Hall–Kier alpha value is -3.28. The van der Waals surface area contributed by atoms with Gasteiger partial charge in [-0.3, -0.25) is 19.3 Å². The number of aryl methyl sites for hydroxylation is 1. The third-order valence-electron chi connectivity index (χ3n) is 5.11. The number of imide groups is 1. The molecule has 0 spiro atoms. The molecule has 0 atom stereocenters. The van der Waals surface area contributed by atoms with Gasteiger partial charge in [0.2, 0.25) is 11.8 Å². The molecule has 6 heteroatoms. The largest absolute Gasteiger partial charge is 0.454 e. The Morgan fingerprint density at radius 3 is 2.03 bits per heavy atom. The molecule has 0 unspecified atom stereocenters. The van der Waals surface area contributed by atoms with Crippen LogP contribution >= 0.6 is 0 Å². The number of ketones is 1. The van der Waals surface area contributed by atoms with E-state index in [0.29, 0.717) is 11.1 Å². The molecule has 0 saturated carbocycles. The minimum absolute atomic E-state index is 0.180. The SMILES string of the molecule is CCCCc1ccc(C(=O)COC(=O)c2ccc(CN3C(=O)CCC3=O)cc2)cc1. The van der Waals surface area contributed by atoms with Crippen molar-refractivity contribution >= 4 is 23.6 Å². The summed E-state index contributed by atoms with van der Waals surface area (Å²) in [5, 5.41) is 0. The van der Waals surface area contributed by atoms with Crippen LogP contribution in [0.5, 0.6) is 0 Å². The number of likely N-dealkylation sites (tertiary alicyclic amines) is 1. The minimum atomic E-state index is -0.595. The highest BCUT2D eigenvalue weighted by Gasteiger charge is 2.28. The quantitative estimate of drug-likeness (QED) is 0.360. The van der Waals surface area contributed by atoms with Crippen molar-refractivity contribution < 1.29 is 23.9 Å². The lowest BCUT2D eigenvalue weighted by atomic mass is 10.0. The van der Waals surface area contributed by atoms with Gasteiger partial charge < -0.3 is 4.74 Å². The van der Waals surface area contributed by atoms with E-state index >= 15 is 0 Å². The van der Waals surface area contributed by atoms with Crippen molar-refractivity contribution in [1.29, 1.82) is 0 Å². The third-order valence-corrected chi connectivity index (χ3v) is 5.11. The topological polar surface area (TPSA) is 80.8 Å². The predicted octanol–water partition coefficient (Wildman–Crippen LogP) is 3.72. The second kappa shape index (κ2) is 9.96. The molecule has 0 radical (unpaired) electrons. The molecule has 156 valence electrons. The van der Waals surface area contributed by atoms with Crippen LogP contribution in [-0.4, -0.2) is 35.1 Å². The molecular weight excluding hydrogens is 382 g/mol. The summed E-state index contributed by atoms with van der Waals surface area (Å²) < 4.78 is 5.14. The highest BCUT2D eigenvalue weighted by Crippen LogP contribution is 2.16. The zero-order chi connectivity index (χ0) is 21.5. The summed E-state index contributed by atoms with van der Waals surface area (Å²) in [6.07, 6.45) is 3.70. The Morgan fingerprint density at radius 2 is 1.43 bits per heavy atom. The van der Waals surface area contributed by atoms with E-state index in [4.69, 9.17) is 4.74 Å². The maximum atomic E-state index is 12.3. The maximum Gasteiger partial charge on any atom is 0.338 e. The molecule has 0 bridgehead atoms. The molecule has 0 N–H and O–H groups in total. The van der Waals surface area contributed by atoms with Gasteiger partial charge in [-0.25, -0.2) is 4.79 Å². The predicted molar refractivity (Wildman–Crippen MR) is 111 cm³/mol. The standard InChI is InChI=1S/C24H25NO5/c1-2-3-4-17-5-9-19(10-6-17)21(26)16-30-24(29)20-11-7-18(8-12-20)15-25-22(27)13-14-23(25)28/h5-12H,2-4,13-16H2,1H3. The van der Waals surface area contributed by atoms with E-state index in [9.17, 15) is 19.2 Å². The molecule has 1 heterocycles. The van der Waals surface area contributed by atoms with Gasteiger partial charge in [0.25, 0.3) is 0 Å². The normalized spacial score (nSPS) is 13.6. The van der Waals surface area contributed by atoms with Gasteiger partial charge in [0.1, 0.15) is 0 Å². The number of nitrogens with zero attached hydrogens (tertiary/aromatic N) is 1. The van der Waals surface area contributed by atoms with E-state index in [1.807, 2.05) is 12.1 Å². The van der Waals surface area contributed by atoms with Crippen molar-refractivity contribution in [3.63, 3.8) is 0 Å². The number of unbranched alkanes of at least 4 members (excludes halogenated alkanes) is 1. The zero-order valence-corrected chi connectivity index (χ0v) is 17.1. The summed E-state index contributed by atoms with van der Waals surface area (Å²) in [5.41, 5.74) is 2.75. The molecule has 2 aromatic rings. The van der Waals surface area contributed by atoms with Crippen LogP contribution in [0.2, 0.25) is 0 Å². The minimum Gasteiger partial charge on any atom is -0.454 e. The van der Waals surface area contributed by atoms with Crippen LogP contribution in [-0.2, 0) is 27.3 Å². The Balaban J connectivity index is 1.51. The van der Waals surface area contributed by atoms with Crippen LogP contribution in [0.3, 0.4) is 0 Å². The van der Waals surface area contributed by atoms with E-state index in [1.54, 1.807) is 36.4 Å². The van der Waals surface area contributed by atoms with E-state index in [0.717, 1.165) is 24.8 Å². The van der Waals surface area contributed by atoms with Gasteiger partial charge in [-0.2, -0.15) is 0 Å². The second-order valence-corrected chi connectivity index (χ2v) is 7.37. The summed E-state index contributed by atoms with van der Waals surface area (Å²) in [6, 6.07) is 13.9. The molecule has 1 aliphatic rings. The Bertz CT molecular complexity index is 915. The van der Waals surface area contributed by atoms with Crippen LogP contribution < -0.4 is 0 Å². The van der Waals surface area contributed by atoms with E-state index in [1.165, 1.54) is 10.5 Å². The number of amides is 2. The van der Waals surface area contributed by atoms with E-state index < -0.39 is 5.97 Å². The number of carbonyl (C=O) groups is 4. The zero-order valence-electron chi connectivity index (χ0n) is 17.1. The van der Waals surface area contributed by atoms with Crippen molar-refractivity contribution in [3.05, 3.63) is 70.8 Å². The molecule has 0 aliphatic carbocycles. The molecular formula is C24H25NO5. The fourth-order valence-corrected chi connectivity index (χ4v) is 3.26. The smallest absolute Gasteiger partial charge is 0.338 e. The first-order valence-electron chi connectivity index (χ1n) is 10.2. The van der Waals surface area contributed by atoms with Crippen LogP contribution in [0.15, 0.2) is 48.5 Å². The third kappa shape index (κ3) is 5.41. The number of benzene rings is 2. The summed E-state index contributed by atoms with van der Waals surface area (Å²) in [6.45, 7) is 2.00.